The zero-order valence-corrected chi connectivity index (χ0v) is 14.7. The highest BCUT2D eigenvalue weighted by molar-refractivity contribution is 6.29. The molecule has 4 rings (SSSR count). The highest BCUT2D eigenvalue weighted by atomic mass is 16.5. The van der Waals surface area contributed by atoms with E-state index in [1.165, 1.54) is 6.07 Å². The molecule has 0 N–H and O–H groups in total. The Bertz CT molecular complexity index is 1080. The predicted molar refractivity (Wildman–Crippen MR) is 101 cm³/mol. The first kappa shape index (κ1) is 16.9. The molecule has 0 atom stereocenters. The third kappa shape index (κ3) is 2.85. The van der Waals surface area contributed by atoms with Gasteiger partial charge in [0, 0.05) is 33.4 Å². The highest BCUT2D eigenvalue weighted by Crippen LogP contribution is 2.28. The van der Waals surface area contributed by atoms with E-state index in [2.05, 4.69) is 0 Å². The molecular weight excluding hydrogens is 340 g/mol. The van der Waals surface area contributed by atoms with Crippen molar-refractivity contribution in [1.29, 1.82) is 0 Å². The van der Waals surface area contributed by atoms with E-state index in [4.69, 9.17) is 4.74 Å². The number of carbonyl (C=O) groups is 3. The fraction of sp³-hybridized carbons (Fsp3) is 0.0870. The lowest BCUT2D eigenvalue weighted by Crippen LogP contribution is -2.21. The SMILES string of the molecule is CCOc1ccc(C(=O)c2ccc3c(c2)C(=O)c2ccccc2C3=O)cc1. The summed E-state index contributed by atoms with van der Waals surface area (Å²) in [5, 5.41) is 0. The van der Waals surface area contributed by atoms with E-state index in [0.717, 1.165) is 0 Å². The largest absolute Gasteiger partial charge is 0.494 e. The van der Waals surface area contributed by atoms with Crippen LogP contribution in [0.2, 0.25) is 0 Å². The smallest absolute Gasteiger partial charge is 0.194 e. The lowest BCUT2D eigenvalue weighted by molar-refractivity contribution is 0.0978. The van der Waals surface area contributed by atoms with Gasteiger partial charge in [-0.15, -0.1) is 0 Å². The van der Waals surface area contributed by atoms with Crippen molar-refractivity contribution in [2.24, 2.45) is 0 Å². The first-order chi connectivity index (χ1) is 13.1. The van der Waals surface area contributed by atoms with E-state index in [1.807, 2.05) is 6.92 Å². The van der Waals surface area contributed by atoms with Gasteiger partial charge in [-0.05, 0) is 43.3 Å². The molecule has 1 aliphatic carbocycles. The Labute approximate surface area is 156 Å². The number of benzene rings is 3. The van der Waals surface area contributed by atoms with Crippen LogP contribution >= 0.6 is 0 Å². The Kier molecular flexibility index (Phi) is 4.16. The van der Waals surface area contributed by atoms with Crippen LogP contribution in [0.15, 0.2) is 66.7 Å². The summed E-state index contributed by atoms with van der Waals surface area (Å²) < 4.78 is 5.39. The fourth-order valence-electron chi connectivity index (χ4n) is 3.28. The first-order valence-electron chi connectivity index (χ1n) is 8.70. The number of fused-ring (bicyclic) bond motifs is 2. The van der Waals surface area contributed by atoms with Gasteiger partial charge in [0.05, 0.1) is 6.61 Å². The predicted octanol–water partition coefficient (Wildman–Crippen LogP) is 4.09. The maximum atomic E-state index is 12.8. The Hall–Kier alpha value is -3.53. The van der Waals surface area contributed by atoms with Crippen molar-refractivity contribution in [3.05, 3.63) is 100 Å². The second kappa shape index (κ2) is 6.65. The molecule has 3 aromatic carbocycles. The van der Waals surface area contributed by atoms with Gasteiger partial charge in [0.25, 0.3) is 0 Å². The third-order valence-electron chi connectivity index (χ3n) is 4.61. The summed E-state index contributed by atoms with van der Waals surface area (Å²) in [7, 11) is 0. The summed E-state index contributed by atoms with van der Waals surface area (Å²) >= 11 is 0. The average Bonchev–Trinajstić information content (AvgIpc) is 2.72. The molecule has 1 aliphatic rings. The molecule has 4 nitrogen and oxygen atoms in total. The Morgan fingerprint density at radius 2 is 1.30 bits per heavy atom. The highest BCUT2D eigenvalue weighted by Gasteiger charge is 2.30. The second-order valence-corrected chi connectivity index (χ2v) is 6.25. The summed E-state index contributed by atoms with van der Waals surface area (Å²) in [6.07, 6.45) is 0. The van der Waals surface area contributed by atoms with Crippen molar-refractivity contribution < 1.29 is 19.1 Å². The van der Waals surface area contributed by atoms with Crippen LogP contribution in [0.5, 0.6) is 5.75 Å². The number of ether oxygens (including phenoxy) is 1. The molecule has 0 unspecified atom stereocenters. The van der Waals surface area contributed by atoms with Crippen LogP contribution in [-0.2, 0) is 0 Å². The quantitative estimate of drug-likeness (QED) is 0.517. The zero-order chi connectivity index (χ0) is 19.0. The fourth-order valence-corrected chi connectivity index (χ4v) is 3.28. The molecule has 0 aliphatic heterocycles. The molecule has 27 heavy (non-hydrogen) atoms. The van der Waals surface area contributed by atoms with Crippen molar-refractivity contribution in [2.45, 2.75) is 6.92 Å². The molecule has 0 amide bonds. The topological polar surface area (TPSA) is 60.4 Å². The molecule has 4 heteroatoms. The van der Waals surface area contributed by atoms with Crippen LogP contribution in [0, 0.1) is 0 Å². The van der Waals surface area contributed by atoms with Crippen molar-refractivity contribution in [3.63, 3.8) is 0 Å². The monoisotopic (exact) mass is 356 g/mol. The summed E-state index contributed by atoms with van der Waals surface area (Å²) in [6.45, 7) is 2.44. The standard InChI is InChI=1S/C23H16O4/c1-2-27-16-10-7-14(8-11-16)21(24)15-9-12-19-20(13-15)23(26)18-6-4-3-5-17(18)22(19)25/h3-13H,2H2,1H3. The number of rotatable bonds is 4. The van der Waals surface area contributed by atoms with Crippen LogP contribution < -0.4 is 4.74 Å². The van der Waals surface area contributed by atoms with Gasteiger partial charge >= 0.3 is 0 Å². The molecule has 0 spiro atoms. The average molecular weight is 356 g/mol. The number of hydrogen-bond acceptors (Lipinski definition) is 4. The van der Waals surface area contributed by atoms with Crippen LogP contribution in [0.25, 0.3) is 0 Å². The molecule has 0 bridgehead atoms. The summed E-state index contributed by atoms with van der Waals surface area (Å²) in [6, 6.07) is 18.3. The Morgan fingerprint density at radius 3 is 1.93 bits per heavy atom. The van der Waals surface area contributed by atoms with Gasteiger partial charge in [0.15, 0.2) is 17.3 Å². The number of ketones is 3. The lowest BCUT2D eigenvalue weighted by Gasteiger charge is -2.17. The molecule has 0 fully saturated rings. The van der Waals surface area contributed by atoms with E-state index in [0.29, 0.717) is 40.2 Å². The first-order valence-corrected chi connectivity index (χ1v) is 8.70. The second-order valence-electron chi connectivity index (χ2n) is 6.25. The van der Waals surface area contributed by atoms with Crippen molar-refractivity contribution in [3.8, 4) is 5.75 Å². The van der Waals surface area contributed by atoms with Crippen molar-refractivity contribution in [2.75, 3.05) is 6.61 Å². The van der Waals surface area contributed by atoms with E-state index in [9.17, 15) is 14.4 Å². The van der Waals surface area contributed by atoms with Gasteiger partial charge in [-0.25, -0.2) is 0 Å². The molecule has 132 valence electrons. The molecule has 0 aromatic heterocycles. The third-order valence-corrected chi connectivity index (χ3v) is 4.61. The molecule has 0 heterocycles. The van der Waals surface area contributed by atoms with Gasteiger partial charge in [-0.3, -0.25) is 14.4 Å². The van der Waals surface area contributed by atoms with E-state index in [1.54, 1.807) is 60.7 Å². The Morgan fingerprint density at radius 1 is 0.741 bits per heavy atom. The summed E-state index contributed by atoms with van der Waals surface area (Å²) in [5.41, 5.74) is 2.26. The van der Waals surface area contributed by atoms with E-state index in [-0.39, 0.29) is 22.9 Å². The van der Waals surface area contributed by atoms with Crippen LogP contribution in [0.4, 0.5) is 0 Å². The van der Waals surface area contributed by atoms with Crippen LogP contribution in [-0.4, -0.2) is 24.0 Å². The number of carbonyl (C=O) groups excluding carboxylic acids is 3. The minimum Gasteiger partial charge on any atom is -0.494 e. The molecule has 0 radical (unpaired) electrons. The molecule has 0 saturated heterocycles. The Balaban J connectivity index is 1.71. The van der Waals surface area contributed by atoms with E-state index < -0.39 is 0 Å². The van der Waals surface area contributed by atoms with Gasteiger partial charge in [-0.1, -0.05) is 30.3 Å². The van der Waals surface area contributed by atoms with E-state index >= 15 is 0 Å². The molecule has 3 aromatic rings. The summed E-state index contributed by atoms with van der Waals surface area (Å²) in [5.74, 6) is 0.0543. The van der Waals surface area contributed by atoms with Gasteiger partial charge in [0.1, 0.15) is 5.75 Å². The van der Waals surface area contributed by atoms with Crippen LogP contribution in [0.1, 0.15) is 54.7 Å². The molecule has 0 saturated carbocycles. The number of hydrogen-bond donors (Lipinski definition) is 0. The van der Waals surface area contributed by atoms with Gasteiger partial charge in [0.2, 0.25) is 0 Å². The van der Waals surface area contributed by atoms with Gasteiger partial charge in [-0.2, -0.15) is 0 Å². The van der Waals surface area contributed by atoms with Crippen LogP contribution in [0.3, 0.4) is 0 Å². The van der Waals surface area contributed by atoms with Crippen molar-refractivity contribution >= 4 is 17.3 Å². The molecular formula is C23H16O4. The normalized spacial score (nSPS) is 12.3. The maximum absolute atomic E-state index is 12.8. The van der Waals surface area contributed by atoms with Crippen molar-refractivity contribution in [1.82, 2.24) is 0 Å². The maximum Gasteiger partial charge on any atom is 0.194 e. The minimum atomic E-state index is -0.235. The zero-order valence-electron chi connectivity index (χ0n) is 14.7. The minimum absolute atomic E-state index is 0.194. The van der Waals surface area contributed by atoms with Gasteiger partial charge < -0.3 is 4.74 Å². The summed E-state index contributed by atoms with van der Waals surface area (Å²) in [4.78, 5) is 38.3. The lowest BCUT2D eigenvalue weighted by atomic mass is 9.83.